The molecule has 13 heavy (non-hydrogen) atoms. The molecule has 0 amide bonds. The van der Waals surface area contributed by atoms with Gasteiger partial charge in [-0.1, -0.05) is 11.6 Å². The number of pyridine rings is 1. The predicted molar refractivity (Wildman–Crippen MR) is 50.9 cm³/mol. The second-order valence-electron chi connectivity index (χ2n) is 2.76. The molecule has 2 aromatic rings. The molecule has 3 nitrogen and oxygen atoms in total. The van der Waals surface area contributed by atoms with Gasteiger partial charge in [-0.3, -0.25) is 0 Å². The lowest BCUT2D eigenvalue weighted by atomic mass is 10.4. The SMILES string of the molecule is COCc1cnc2ccc(Cl)cn12. The maximum atomic E-state index is 5.86. The number of nitrogens with zero attached hydrogens (tertiary/aromatic N) is 2. The second kappa shape index (κ2) is 3.36. The van der Waals surface area contributed by atoms with E-state index in [-0.39, 0.29) is 0 Å². The predicted octanol–water partition coefficient (Wildman–Crippen LogP) is 2.13. The molecule has 2 rings (SSSR count). The zero-order valence-electron chi connectivity index (χ0n) is 7.20. The number of ether oxygens (including phenoxy) is 1. The van der Waals surface area contributed by atoms with Crippen LogP contribution in [0.3, 0.4) is 0 Å². The molecule has 0 bridgehead atoms. The van der Waals surface area contributed by atoms with Crippen molar-refractivity contribution in [2.24, 2.45) is 0 Å². The Kier molecular flexibility index (Phi) is 2.20. The molecular weight excluding hydrogens is 188 g/mol. The van der Waals surface area contributed by atoms with Crippen LogP contribution in [-0.2, 0) is 11.3 Å². The number of imidazole rings is 1. The molecule has 0 N–H and O–H groups in total. The third kappa shape index (κ3) is 1.53. The Labute approximate surface area is 80.9 Å². The average molecular weight is 197 g/mol. The Balaban J connectivity index is 2.58. The Morgan fingerprint density at radius 3 is 3.15 bits per heavy atom. The zero-order chi connectivity index (χ0) is 9.26. The highest BCUT2D eigenvalue weighted by Gasteiger charge is 2.02. The number of hydrogen-bond acceptors (Lipinski definition) is 2. The van der Waals surface area contributed by atoms with Crippen LogP contribution in [0.1, 0.15) is 5.69 Å². The quantitative estimate of drug-likeness (QED) is 0.736. The highest BCUT2D eigenvalue weighted by atomic mass is 35.5. The third-order valence-corrected chi connectivity index (χ3v) is 2.06. The van der Waals surface area contributed by atoms with Gasteiger partial charge in [0.25, 0.3) is 0 Å². The third-order valence-electron chi connectivity index (χ3n) is 1.84. The van der Waals surface area contributed by atoms with Crippen LogP contribution < -0.4 is 0 Å². The van der Waals surface area contributed by atoms with Gasteiger partial charge in [0.2, 0.25) is 0 Å². The fraction of sp³-hybridized carbons (Fsp3) is 0.222. The van der Waals surface area contributed by atoms with Gasteiger partial charge in [0.15, 0.2) is 0 Å². The minimum atomic E-state index is 0.543. The first-order chi connectivity index (χ1) is 6.31. The van der Waals surface area contributed by atoms with E-state index in [0.717, 1.165) is 11.3 Å². The van der Waals surface area contributed by atoms with Crippen molar-refractivity contribution in [3.63, 3.8) is 0 Å². The molecule has 0 unspecified atom stereocenters. The lowest BCUT2D eigenvalue weighted by molar-refractivity contribution is 0.181. The zero-order valence-corrected chi connectivity index (χ0v) is 7.95. The summed E-state index contributed by atoms with van der Waals surface area (Å²) in [5, 5.41) is 0.697. The summed E-state index contributed by atoms with van der Waals surface area (Å²) in [6, 6.07) is 3.70. The van der Waals surface area contributed by atoms with Gasteiger partial charge in [-0.2, -0.15) is 0 Å². The lowest BCUT2D eigenvalue weighted by Gasteiger charge is -1.99. The van der Waals surface area contributed by atoms with Gasteiger partial charge in [-0.05, 0) is 12.1 Å². The number of methoxy groups -OCH3 is 1. The molecule has 68 valence electrons. The van der Waals surface area contributed by atoms with Gasteiger partial charge in [-0.15, -0.1) is 0 Å². The van der Waals surface area contributed by atoms with Crippen LogP contribution in [-0.4, -0.2) is 16.5 Å². The molecule has 0 atom stereocenters. The van der Waals surface area contributed by atoms with E-state index in [0.29, 0.717) is 11.6 Å². The van der Waals surface area contributed by atoms with Crippen LogP contribution in [0.5, 0.6) is 0 Å². The number of rotatable bonds is 2. The van der Waals surface area contributed by atoms with Crippen LogP contribution in [0.2, 0.25) is 5.02 Å². The van der Waals surface area contributed by atoms with Crippen molar-refractivity contribution in [2.75, 3.05) is 7.11 Å². The summed E-state index contributed by atoms with van der Waals surface area (Å²) in [4.78, 5) is 4.20. The molecule has 0 fully saturated rings. The maximum absolute atomic E-state index is 5.86. The smallest absolute Gasteiger partial charge is 0.137 e. The summed E-state index contributed by atoms with van der Waals surface area (Å²) in [6.45, 7) is 0.543. The van der Waals surface area contributed by atoms with E-state index in [4.69, 9.17) is 16.3 Å². The first-order valence-electron chi connectivity index (χ1n) is 3.91. The molecule has 0 saturated carbocycles. The Morgan fingerprint density at radius 2 is 2.38 bits per heavy atom. The monoisotopic (exact) mass is 196 g/mol. The molecule has 0 radical (unpaired) electrons. The van der Waals surface area contributed by atoms with Crippen molar-refractivity contribution < 1.29 is 4.74 Å². The second-order valence-corrected chi connectivity index (χ2v) is 3.19. The van der Waals surface area contributed by atoms with Crippen LogP contribution in [0, 0.1) is 0 Å². The molecular formula is C9H9ClN2O. The summed E-state index contributed by atoms with van der Waals surface area (Å²) in [5.41, 5.74) is 1.89. The van der Waals surface area contributed by atoms with E-state index in [1.807, 2.05) is 22.7 Å². The van der Waals surface area contributed by atoms with E-state index in [9.17, 15) is 0 Å². The van der Waals surface area contributed by atoms with E-state index in [2.05, 4.69) is 4.98 Å². The van der Waals surface area contributed by atoms with Gasteiger partial charge in [-0.25, -0.2) is 4.98 Å². The molecule has 4 heteroatoms. The first kappa shape index (κ1) is 8.53. The largest absolute Gasteiger partial charge is 0.378 e. The van der Waals surface area contributed by atoms with Crippen LogP contribution >= 0.6 is 11.6 Å². The Bertz CT molecular complexity index is 424. The maximum Gasteiger partial charge on any atom is 0.137 e. The van der Waals surface area contributed by atoms with E-state index in [1.54, 1.807) is 13.3 Å². The summed E-state index contributed by atoms with van der Waals surface area (Å²) >= 11 is 5.86. The van der Waals surface area contributed by atoms with Crippen molar-refractivity contribution in [3.8, 4) is 0 Å². The lowest BCUT2D eigenvalue weighted by Crippen LogP contribution is -1.93. The number of aromatic nitrogens is 2. The van der Waals surface area contributed by atoms with Gasteiger partial charge >= 0.3 is 0 Å². The molecule has 0 aliphatic carbocycles. The van der Waals surface area contributed by atoms with Crippen molar-refractivity contribution in [1.29, 1.82) is 0 Å². The van der Waals surface area contributed by atoms with E-state index in [1.165, 1.54) is 0 Å². The number of fused-ring (bicyclic) bond motifs is 1. The summed E-state index contributed by atoms with van der Waals surface area (Å²) in [5.74, 6) is 0. The summed E-state index contributed by atoms with van der Waals surface area (Å²) in [6.07, 6.45) is 3.62. The normalized spacial score (nSPS) is 10.9. The minimum absolute atomic E-state index is 0.543. The molecule has 0 aliphatic rings. The van der Waals surface area contributed by atoms with Crippen LogP contribution in [0.25, 0.3) is 5.65 Å². The van der Waals surface area contributed by atoms with Gasteiger partial charge < -0.3 is 9.14 Å². The highest BCUT2D eigenvalue weighted by molar-refractivity contribution is 6.30. The topological polar surface area (TPSA) is 26.5 Å². The summed E-state index contributed by atoms with van der Waals surface area (Å²) < 4.78 is 6.95. The van der Waals surface area contributed by atoms with Crippen LogP contribution in [0.15, 0.2) is 24.5 Å². The Hall–Kier alpha value is -1.06. The number of halogens is 1. The molecule has 0 aromatic carbocycles. The van der Waals surface area contributed by atoms with E-state index >= 15 is 0 Å². The molecule has 0 spiro atoms. The summed E-state index contributed by atoms with van der Waals surface area (Å²) in [7, 11) is 1.66. The van der Waals surface area contributed by atoms with Crippen molar-refractivity contribution >= 4 is 17.2 Å². The first-order valence-corrected chi connectivity index (χ1v) is 4.29. The molecule has 0 aliphatic heterocycles. The van der Waals surface area contributed by atoms with E-state index < -0.39 is 0 Å². The average Bonchev–Trinajstić information content (AvgIpc) is 2.49. The highest BCUT2D eigenvalue weighted by Crippen LogP contribution is 2.13. The molecule has 2 aromatic heterocycles. The molecule has 0 saturated heterocycles. The van der Waals surface area contributed by atoms with Crippen molar-refractivity contribution in [2.45, 2.75) is 6.61 Å². The van der Waals surface area contributed by atoms with Crippen molar-refractivity contribution in [3.05, 3.63) is 35.2 Å². The fourth-order valence-corrected chi connectivity index (χ4v) is 1.42. The minimum Gasteiger partial charge on any atom is -0.378 e. The van der Waals surface area contributed by atoms with Gasteiger partial charge in [0, 0.05) is 13.3 Å². The Morgan fingerprint density at radius 1 is 1.54 bits per heavy atom. The van der Waals surface area contributed by atoms with Gasteiger partial charge in [0.1, 0.15) is 5.65 Å². The number of hydrogen-bond donors (Lipinski definition) is 0. The standard InChI is InChI=1S/C9H9ClN2O/c1-13-6-8-4-11-9-3-2-7(10)5-12(8)9/h2-5H,6H2,1H3. The molecule has 2 heterocycles. The van der Waals surface area contributed by atoms with Gasteiger partial charge in [0.05, 0.1) is 23.5 Å². The van der Waals surface area contributed by atoms with Crippen LogP contribution in [0.4, 0.5) is 0 Å². The fourth-order valence-electron chi connectivity index (χ4n) is 1.26. The van der Waals surface area contributed by atoms with Crippen molar-refractivity contribution in [1.82, 2.24) is 9.38 Å².